The van der Waals surface area contributed by atoms with Crippen molar-refractivity contribution < 1.29 is 23.5 Å². The van der Waals surface area contributed by atoms with Crippen LogP contribution in [0.2, 0.25) is 0 Å². The van der Waals surface area contributed by atoms with Gasteiger partial charge in [0.1, 0.15) is 0 Å². The first kappa shape index (κ1) is 10.7. The lowest BCUT2D eigenvalue weighted by molar-refractivity contribution is 0.0398. The summed E-state index contributed by atoms with van der Waals surface area (Å²) >= 11 is 0. The predicted octanol–water partition coefficient (Wildman–Crippen LogP) is 1.78. The Labute approximate surface area is 92.3 Å². The molecule has 16 heavy (non-hydrogen) atoms. The highest BCUT2D eigenvalue weighted by molar-refractivity contribution is 5.90. The molecule has 0 spiro atoms. The van der Waals surface area contributed by atoms with Gasteiger partial charge in [-0.15, -0.1) is 0 Å². The molecule has 0 saturated heterocycles. The van der Waals surface area contributed by atoms with E-state index in [0.29, 0.717) is 13.2 Å². The largest absolute Gasteiger partial charge is 0.460 e. The molecular formula is C11H12O5. The van der Waals surface area contributed by atoms with Crippen LogP contribution in [0.1, 0.15) is 40.4 Å². The maximum atomic E-state index is 11.4. The van der Waals surface area contributed by atoms with E-state index in [-0.39, 0.29) is 11.5 Å². The van der Waals surface area contributed by atoms with E-state index in [2.05, 4.69) is 0 Å². The van der Waals surface area contributed by atoms with Crippen molar-refractivity contribution in [3.05, 3.63) is 23.7 Å². The maximum Gasteiger partial charge on any atom is 0.374 e. The molecule has 0 unspecified atom stereocenters. The number of furan rings is 1. The molecular weight excluding hydrogens is 212 g/mol. The fourth-order valence-electron chi connectivity index (χ4n) is 1.41. The topological polar surface area (TPSA) is 65.7 Å². The summed E-state index contributed by atoms with van der Waals surface area (Å²) < 4.78 is 15.0. The first-order chi connectivity index (χ1) is 7.77. The van der Waals surface area contributed by atoms with Crippen molar-refractivity contribution in [3.63, 3.8) is 0 Å². The van der Waals surface area contributed by atoms with Crippen LogP contribution in [0.15, 0.2) is 16.5 Å². The second kappa shape index (κ2) is 4.83. The van der Waals surface area contributed by atoms with Crippen molar-refractivity contribution in [2.45, 2.75) is 19.3 Å². The summed E-state index contributed by atoms with van der Waals surface area (Å²) in [4.78, 5) is 22.8. The second-order valence-electron chi connectivity index (χ2n) is 3.50. The van der Waals surface area contributed by atoms with Gasteiger partial charge in [0.25, 0.3) is 0 Å². The molecule has 1 aromatic heterocycles. The van der Waals surface area contributed by atoms with Crippen molar-refractivity contribution in [1.29, 1.82) is 0 Å². The van der Waals surface area contributed by atoms with Crippen LogP contribution in [-0.2, 0) is 9.47 Å². The van der Waals surface area contributed by atoms with Gasteiger partial charge in [0.05, 0.1) is 13.2 Å². The smallest absolute Gasteiger partial charge is 0.374 e. The Hall–Kier alpha value is -1.78. The van der Waals surface area contributed by atoms with Crippen LogP contribution < -0.4 is 0 Å². The van der Waals surface area contributed by atoms with Crippen LogP contribution in [0, 0.1) is 0 Å². The first-order valence-electron chi connectivity index (χ1n) is 5.21. The Morgan fingerprint density at radius 3 is 1.81 bits per heavy atom. The van der Waals surface area contributed by atoms with Crippen LogP contribution in [0.25, 0.3) is 0 Å². The highest BCUT2D eigenvalue weighted by Crippen LogP contribution is 2.12. The van der Waals surface area contributed by atoms with Gasteiger partial charge in [0, 0.05) is 0 Å². The molecule has 0 saturated carbocycles. The fraction of sp³-hybridized carbons (Fsp3) is 0.455. The quantitative estimate of drug-likeness (QED) is 0.628. The molecule has 1 aromatic rings. The Morgan fingerprint density at radius 1 is 0.812 bits per heavy atom. The third-order valence-electron chi connectivity index (χ3n) is 2.26. The second-order valence-corrected chi connectivity index (χ2v) is 3.50. The molecule has 2 rings (SSSR count). The standard InChI is InChI=1S/C11H12O5/c12-10-8-4-5-9(16-8)11(13)15-7-3-1-2-6-14-10/h4-5H,1-3,6-7H2. The minimum atomic E-state index is -0.542. The van der Waals surface area contributed by atoms with Gasteiger partial charge in [-0.1, -0.05) is 0 Å². The molecule has 5 heteroatoms. The monoisotopic (exact) mass is 224 g/mol. The molecule has 0 atom stereocenters. The molecule has 0 N–H and O–H groups in total. The van der Waals surface area contributed by atoms with Gasteiger partial charge in [-0.25, -0.2) is 9.59 Å². The number of hydrogen-bond acceptors (Lipinski definition) is 5. The number of ether oxygens (including phenoxy) is 2. The zero-order valence-corrected chi connectivity index (χ0v) is 8.73. The van der Waals surface area contributed by atoms with Crippen LogP contribution in [0.4, 0.5) is 0 Å². The van der Waals surface area contributed by atoms with Crippen molar-refractivity contribution in [3.8, 4) is 0 Å². The Balaban J connectivity index is 2.16. The van der Waals surface area contributed by atoms with E-state index >= 15 is 0 Å². The predicted molar refractivity (Wildman–Crippen MR) is 53.1 cm³/mol. The van der Waals surface area contributed by atoms with E-state index in [1.165, 1.54) is 12.1 Å². The summed E-state index contributed by atoms with van der Waals surface area (Å²) in [6.07, 6.45) is 2.38. The molecule has 86 valence electrons. The molecule has 0 fully saturated rings. The zero-order chi connectivity index (χ0) is 11.4. The van der Waals surface area contributed by atoms with Gasteiger partial charge in [-0.2, -0.15) is 0 Å². The molecule has 2 heterocycles. The lowest BCUT2D eigenvalue weighted by atomic mass is 10.2. The molecule has 0 amide bonds. The van der Waals surface area contributed by atoms with E-state index in [0.717, 1.165) is 19.3 Å². The van der Waals surface area contributed by atoms with Crippen LogP contribution >= 0.6 is 0 Å². The lowest BCUT2D eigenvalue weighted by Gasteiger charge is -2.05. The summed E-state index contributed by atoms with van der Waals surface area (Å²) in [7, 11) is 0. The minimum absolute atomic E-state index is 0.0347. The van der Waals surface area contributed by atoms with E-state index in [9.17, 15) is 9.59 Å². The highest BCUT2D eigenvalue weighted by Gasteiger charge is 2.18. The number of carbonyl (C=O) groups excluding carboxylic acids is 2. The van der Waals surface area contributed by atoms with Gasteiger partial charge in [0.2, 0.25) is 11.5 Å². The normalized spacial score (nSPS) is 18.0. The molecule has 0 radical (unpaired) electrons. The maximum absolute atomic E-state index is 11.4. The minimum Gasteiger partial charge on any atom is -0.460 e. The van der Waals surface area contributed by atoms with E-state index in [1.54, 1.807) is 0 Å². The van der Waals surface area contributed by atoms with Gasteiger partial charge in [-0.05, 0) is 31.4 Å². The van der Waals surface area contributed by atoms with E-state index in [1.807, 2.05) is 0 Å². The third kappa shape index (κ3) is 2.42. The SMILES string of the molecule is O=C1OCCCCCOC(=O)c2ccc1o2. The molecule has 1 aliphatic rings. The molecule has 1 aliphatic heterocycles. The Kier molecular flexibility index (Phi) is 3.24. The average molecular weight is 224 g/mol. The van der Waals surface area contributed by atoms with Gasteiger partial charge in [0.15, 0.2) is 0 Å². The van der Waals surface area contributed by atoms with Crippen LogP contribution in [0.5, 0.6) is 0 Å². The van der Waals surface area contributed by atoms with Crippen molar-refractivity contribution in [1.82, 2.24) is 0 Å². The van der Waals surface area contributed by atoms with Gasteiger partial charge in [-0.3, -0.25) is 0 Å². The number of carbonyl (C=O) groups is 2. The summed E-state index contributed by atoms with van der Waals surface area (Å²) in [5, 5.41) is 0. The highest BCUT2D eigenvalue weighted by atomic mass is 16.6. The number of esters is 2. The molecule has 0 aromatic carbocycles. The third-order valence-corrected chi connectivity index (χ3v) is 2.26. The Morgan fingerprint density at radius 2 is 1.31 bits per heavy atom. The van der Waals surface area contributed by atoms with E-state index < -0.39 is 11.9 Å². The van der Waals surface area contributed by atoms with Crippen LogP contribution in [-0.4, -0.2) is 25.2 Å². The number of rotatable bonds is 0. The fourth-order valence-corrected chi connectivity index (χ4v) is 1.41. The zero-order valence-electron chi connectivity index (χ0n) is 8.73. The summed E-state index contributed by atoms with van der Waals surface area (Å²) in [6, 6.07) is 2.83. The van der Waals surface area contributed by atoms with Crippen LogP contribution in [0.3, 0.4) is 0 Å². The molecule has 2 bridgehead atoms. The first-order valence-corrected chi connectivity index (χ1v) is 5.21. The van der Waals surface area contributed by atoms with Crippen molar-refractivity contribution >= 4 is 11.9 Å². The van der Waals surface area contributed by atoms with Crippen molar-refractivity contribution in [2.24, 2.45) is 0 Å². The molecule has 5 nitrogen and oxygen atoms in total. The van der Waals surface area contributed by atoms with Gasteiger partial charge >= 0.3 is 11.9 Å². The summed E-state index contributed by atoms with van der Waals surface area (Å²) in [5.41, 5.74) is 0. The Bertz CT molecular complexity index is 358. The number of cyclic esters (lactones) is 2. The van der Waals surface area contributed by atoms with E-state index in [4.69, 9.17) is 13.9 Å². The van der Waals surface area contributed by atoms with Gasteiger partial charge < -0.3 is 13.9 Å². The summed E-state index contributed by atoms with van der Waals surface area (Å²) in [5.74, 6) is -1.01. The van der Waals surface area contributed by atoms with Crippen molar-refractivity contribution in [2.75, 3.05) is 13.2 Å². The lowest BCUT2D eigenvalue weighted by Crippen LogP contribution is -2.09. The number of fused-ring (bicyclic) bond motifs is 2. The summed E-state index contributed by atoms with van der Waals surface area (Å²) in [6.45, 7) is 0.728. The molecule has 0 aliphatic carbocycles. The average Bonchev–Trinajstić information content (AvgIpc) is 2.75. The number of hydrogen-bond donors (Lipinski definition) is 0.